The molecule has 0 fully saturated rings. The van der Waals surface area contributed by atoms with Gasteiger partial charge >= 0.3 is 10.6 Å². The second kappa shape index (κ2) is 6.07. The minimum absolute atomic E-state index is 0.121. The minimum Gasteiger partial charge on any atom is -0.295 e. The maximum Gasteiger partial charge on any atom is 0.425 e. The zero-order valence-electron chi connectivity index (χ0n) is 6.93. The van der Waals surface area contributed by atoms with E-state index in [2.05, 4.69) is 0 Å². The molecule has 0 amide bonds. The maximum absolute atomic E-state index is 10.6. The summed E-state index contributed by atoms with van der Waals surface area (Å²) in [6, 6.07) is 9.23. The number of carbonyl (C=O) groups is 1. The third-order valence-corrected chi connectivity index (χ3v) is 1.18. The van der Waals surface area contributed by atoms with Crippen molar-refractivity contribution in [3.05, 3.63) is 35.9 Å². The molecule has 1 aromatic rings. The smallest absolute Gasteiger partial charge is 0.295 e. The highest BCUT2D eigenvalue weighted by Crippen LogP contribution is 1.97. The molecule has 0 aliphatic rings. The lowest BCUT2D eigenvalue weighted by molar-refractivity contribution is 0.101. The first kappa shape index (κ1) is 11.5. The molecular formula is C8H8O4S. The highest BCUT2D eigenvalue weighted by molar-refractivity contribution is 7.59. The van der Waals surface area contributed by atoms with Gasteiger partial charge in [-0.05, 0) is 6.92 Å². The molecular weight excluding hydrogens is 192 g/mol. The summed E-state index contributed by atoms with van der Waals surface area (Å²) in [4.78, 5) is 10.6. The standard InChI is InChI=1S/C8H8O.O3S/c1-7(9)8-5-3-2-4-6-8;1-4(2)3/h2-6H,1H3;. The molecule has 0 saturated heterocycles. The summed E-state index contributed by atoms with van der Waals surface area (Å²) >= 11 is 0. The van der Waals surface area contributed by atoms with Crippen molar-refractivity contribution in [2.24, 2.45) is 0 Å². The van der Waals surface area contributed by atoms with Crippen molar-refractivity contribution < 1.29 is 17.4 Å². The van der Waals surface area contributed by atoms with Crippen LogP contribution in [0.4, 0.5) is 0 Å². The molecule has 13 heavy (non-hydrogen) atoms. The molecule has 0 aromatic heterocycles. The number of ketones is 1. The van der Waals surface area contributed by atoms with Gasteiger partial charge in [-0.1, -0.05) is 30.3 Å². The molecule has 0 unspecified atom stereocenters. The van der Waals surface area contributed by atoms with Gasteiger partial charge in [-0.2, -0.15) is 0 Å². The van der Waals surface area contributed by atoms with Crippen LogP contribution in [0, 0.1) is 0 Å². The Morgan fingerprint density at radius 3 is 1.69 bits per heavy atom. The number of rotatable bonds is 1. The first-order valence-corrected chi connectivity index (χ1v) is 4.36. The molecule has 0 spiro atoms. The molecule has 0 saturated carbocycles. The Balaban J connectivity index is 0.000000310. The Hall–Kier alpha value is -1.49. The first-order chi connectivity index (χ1) is 6.04. The van der Waals surface area contributed by atoms with E-state index in [-0.39, 0.29) is 5.78 Å². The molecule has 4 nitrogen and oxygen atoms in total. The Kier molecular flexibility index (Phi) is 5.38. The monoisotopic (exact) mass is 200 g/mol. The number of carbonyl (C=O) groups excluding carboxylic acids is 1. The predicted octanol–water partition coefficient (Wildman–Crippen LogP) is 0.885. The van der Waals surface area contributed by atoms with Gasteiger partial charge in [0.2, 0.25) is 0 Å². The second-order valence-corrected chi connectivity index (χ2v) is 2.53. The summed E-state index contributed by atoms with van der Waals surface area (Å²) < 4.78 is 25.3. The summed E-state index contributed by atoms with van der Waals surface area (Å²) in [6.07, 6.45) is 0. The second-order valence-electron chi connectivity index (χ2n) is 2.13. The lowest BCUT2D eigenvalue weighted by Crippen LogP contribution is -1.88. The molecule has 0 N–H and O–H groups in total. The Labute approximate surface area is 77.3 Å². The zero-order chi connectivity index (χ0) is 10.3. The van der Waals surface area contributed by atoms with Crippen molar-refractivity contribution in [1.82, 2.24) is 0 Å². The molecule has 1 rings (SSSR count). The SMILES string of the molecule is CC(=O)c1ccccc1.O=S(=O)=O. The number of Topliss-reactive ketones (excluding diaryl/α,β-unsaturated/α-hetero) is 1. The Bertz CT molecular complexity index is 358. The number of benzene rings is 1. The van der Waals surface area contributed by atoms with E-state index in [0.29, 0.717) is 0 Å². The molecule has 1 aromatic carbocycles. The third kappa shape index (κ3) is 6.89. The average Bonchev–Trinajstić information content (AvgIpc) is 2.05. The highest BCUT2D eigenvalue weighted by Gasteiger charge is 1.92. The van der Waals surface area contributed by atoms with Crippen LogP contribution in [0.25, 0.3) is 0 Å². The summed E-state index contributed by atoms with van der Waals surface area (Å²) in [5, 5.41) is 0. The van der Waals surface area contributed by atoms with E-state index in [1.165, 1.54) is 0 Å². The number of hydrogen-bond donors (Lipinski definition) is 0. The van der Waals surface area contributed by atoms with Crippen LogP contribution in [-0.2, 0) is 10.6 Å². The van der Waals surface area contributed by atoms with E-state index in [0.717, 1.165) is 5.56 Å². The maximum atomic E-state index is 10.6. The Morgan fingerprint density at radius 1 is 1.08 bits per heavy atom. The van der Waals surface area contributed by atoms with Gasteiger partial charge in [-0.25, -0.2) is 0 Å². The zero-order valence-corrected chi connectivity index (χ0v) is 7.74. The molecule has 0 atom stereocenters. The molecule has 0 aliphatic heterocycles. The van der Waals surface area contributed by atoms with E-state index < -0.39 is 10.6 Å². The summed E-state index contributed by atoms with van der Waals surface area (Å²) in [7, 11) is -3.11. The lowest BCUT2D eigenvalue weighted by atomic mass is 10.2. The van der Waals surface area contributed by atoms with Gasteiger partial charge in [0.15, 0.2) is 5.78 Å². The van der Waals surface area contributed by atoms with Crippen LogP contribution in [0.3, 0.4) is 0 Å². The van der Waals surface area contributed by atoms with Crippen LogP contribution in [0.5, 0.6) is 0 Å². The summed E-state index contributed by atoms with van der Waals surface area (Å²) in [6.45, 7) is 1.56. The summed E-state index contributed by atoms with van der Waals surface area (Å²) in [5.41, 5.74) is 0.775. The van der Waals surface area contributed by atoms with Gasteiger partial charge in [0.05, 0.1) is 0 Å². The average molecular weight is 200 g/mol. The first-order valence-electron chi connectivity index (χ1n) is 3.36. The fourth-order valence-corrected chi connectivity index (χ4v) is 0.673. The molecule has 0 radical (unpaired) electrons. The van der Waals surface area contributed by atoms with Crippen LogP contribution in [0.2, 0.25) is 0 Å². The topological polar surface area (TPSA) is 68.3 Å². The van der Waals surface area contributed by atoms with Gasteiger partial charge in [-0.15, -0.1) is 12.6 Å². The van der Waals surface area contributed by atoms with E-state index in [1.54, 1.807) is 6.92 Å². The van der Waals surface area contributed by atoms with E-state index >= 15 is 0 Å². The third-order valence-electron chi connectivity index (χ3n) is 1.18. The van der Waals surface area contributed by atoms with Crippen molar-refractivity contribution in [3.8, 4) is 0 Å². The van der Waals surface area contributed by atoms with Crippen LogP contribution in [-0.4, -0.2) is 18.4 Å². The van der Waals surface area contributed by atoms with Crippen molar-refractivity contribution in [3.63, 3.8) is 0 Å². The van der Waals surface area contributed by atoms with E-state index in [1.807, 2.05) is 30.3 Å². The van der Waals surface area contributed by atoms with Crippen LogP contribution in [0.15, 0.2) is 30.3 Å². The van der Waals surface area contributed by atoms with Crippen molar-refractivity contribution >= 4 is 16.4 Å². The van der Waals surface area contributed by atoms with Gasteiger partial charge in [0.25, 0.3) is 0 Å². The minimum atomic E-state index is -3.11. The van der Waals surface area contributed by atoms with Crippen molar-refractivity contribution in [1.29, 1.82) is 0 Å². The van der Waals surface area contributed by atoms with Gasteiger partial charge < -0.3 is 0 Å². The Morgan fingerprint density at radius 2 is 1.46 bits per heavy atom. The van der Waals surface area contributed by atoms with E-state index in [9.17, 15) is 4.79 Å². The van der Waals surface area contributed by atoms with Crippen LogP contribution < -0.4 is 0 Å². The lowest BCUT2D eigenvalue weighted by Gasteiger charge is -1.89. The van der Waals surface area contributed by atoms with Crippen molar-refractivity contribution in [2.45, 2.75) is 6.92 Å². The largest absolute Gasteiger partial charge is 0.425 e. The molecule has 0 heterocycles. The van der Waals surface area contributed by atoms with E-state index in [4.69, 9.17) is 12.6 Å². The highest BCUT2D eigenvalue weighted by atomic mass is 32.2. The quantitative estimate of drug-likeness (QED) is 0.631. The molecule has 5 heteroatoms. The fraction of sp³-hybridized carbons (Fsp3) is 0.125. The molecule has 0 aliphatic carbocycles. The molecule has 70 valence electrons. The van der Waals surface area contributed by atoms with Crippen LogP contribution >= 0.6 is 0 Å². The number of hydrogen-bond acceptors (Lipinski definition) is 4. The van der Waals surface area contributed by atoms with Gasteiger partial charge in [0.1, 0.15) is 0 Å². The fourth-order valence-electron chi connectivity index (χ4n) is 0.673. The normalized spacial score (nSPS) is 8.08. The summed E-state index contributed by atoms with van der Waals surface area (Å²) in [5.74, 6) is 0.121. The van der Waals surface area contributed by atoms with Gasteiger partial charge in [-0.3, -0.25) is 4.79 Å². The molecule has 0 bridgehead atoms. The van der Waals surface area contributed by atoms with Gasteiger partial charge in [0, 0.05) is 5.56 Å². The van der Waals surface area contributed by atoms with Crippen molar-refractivity contribution in [2.75, 3.05) is 0 Å². The predicted molar refractivity (Wildman–Crippen MR) is 46.1 cm³/mol. The van der Waals surface area contributed by atoms with Crippen LogP contribution in [0.1, 0.15) is 17.3 Å².